The average Bonchev–Trinajstić information content (AvgIpc) is 2.29. The number of nitrogens with one attached hydrogen (secondary N) is 1. The Morgan fingerprint density at radius 2 is 2.44 bits per heavy atom. The van der Waals surface area contributed by atoms with Crippen LogP contribution in [0.1, 0.15) is 24.4 Å². The average molecular weight is 220 g/mol. The summed E-state index contributed by atoms with van der Waals surface area (Å²) in [6, 6.07) is 2.65. The second-order valence-corrected chi connectivity index (χ2v) is 4.46. The fourth-order valence-corrected chi connectivity index (χ4v) is 2.26. The SMILES string of the molecule is CNC1CCCN(Cc2ccnc(C)n2)C1. The highest BCUT2D eigenvalue weighted by Crippen LogP contribution is 2.12. The van der Waals surface area contributed by atoms with Crippen molar-refractivity contribution in [2.45, 2.75) is 32.4 Å². The van der Waals surface area contributed by atoms with Crippen LogP contribution in [0.4, 0.5) is 0 Å². The minimum atomic E-state index is 0.636. The maximum absolute atomic E-state index is 4.44. The highest BCUT2D eigenvalue weighted by atomic mass is 15.2. The van der Waals surface area contributed by atoms with Gasteiger partial charge in [-0.25, -0.2) is 9.97 Å². The zero-order chi connectivity index (χ0) is 11.4. The van der Waals surface area contributed by atoms with Crippen molar-refractivity contribution >= 4 is 0 Å². The first kappa shape index (κ1) is 11.5. The molecule has 16 heavy (non-hydrogen) atoms. The molecule has 0 aromatic carbocycles. The summed E-state index contributed by atoms with van der Waals surface area (Å²) in [6.07, 6.45) is 4.41. The number of nitrogens with zero attached hydrogens (tertiary/aromatic N) is 3. The van der Waals surface area contributed by atoms with Crippen LogP contribution in [-0.2, 0) is 6.54 Å². The molecule has 0 amide bonds. The minimum Gasteiger partial charge on any atom is -0.316 e. The smallest absolute Gasteiger partial charge is 0.125 e. The molecule has 0 saturated carbocycles. The summed E-state index contributed by atoms with van der Waals surface area (Å²) in [5, 5.41) is 3.36. The molecule has 2 heterocycles. The minimum absolute atomic E-state index is 0.636. The Hall–Kier alpha value is -1.00. The number of piperidine rings is 1. The van der Waals surface area contributed by atoms with E-state index in [9.17, 15) is 0 Å². The van der Waals surface area contributed by atoms with E-state index in [-0.39, 0.29) is 0 Å². The van der Waals surface area contributed by atoms with Crippen LogP contribution in [-0.4, -0.2) is 41.0 Å². The third kappa shape index (κ3) is 3.00. The van der Waals surface area contributed by atoms with Gasteiger partial charge in [0, 0.05) is 25.3 Å². The van der Waals surface area contributed by atoms with E-state index in [1.165, 1.54) is 19.4 Å². The second-order valence-electron chi connectivity index (χ2n) is 4.46. The molecule has 1 aliphatic heterocycles. The molecule has 1 atom stereocenters. The van der Waals surface area contributed by atoms with E-state index < -0.39 is 0 Å². The van der Waals surface area contributed by atoms with E-state index in [1.54, 1.807) is 0 Å². The summed E-state index contributed by atoms with van der Waals surface area (Å²) >= 11 is 0. The first-order valence-corrected chi connectivity index (χ1v) is 5.96. The highest BCUT2D eigenvalue weighted by Gasteiger charge is 2.18. The second kappa shape index (κ2) is 5.37. The summed E-state index contributed by atoms with van der Waals surface area (Å²) in [4.78, 5) is 11.0. The Morgan fingerprint density at radius 1 is 1.56 bits per heavy atom. The van der Waals surface area contributed by atoms with E-state index in [2.05, 4.69) is 20.2 Å². The van der Waals surface area contributed by atoms with Crippen LogP contribution < -0.4 is 5.32 Å². The van der Waals surface area contributed by atoms with Crippen molar-refractivity contribution in [2.75, 3.05) is 20.1 Å². The van der Waals surface area contributed by atoms with E-state index in [0.717, 1.165) is 24.6 Å². The number of likely N-dealkylation sites (tertiary alicyclic amines) is 1. The molecule has 4 nitrogen and oxygen atoms in total. The largest absolute Gasteiger partial charge is 0.316 e. The van der Waals surface area contributed by atoms with Gasteiger partial charge in [-0.05, 0) is 39.4 Å². The Labute approximate surface area is 97.1 Å². The van der Waals surface area contributed by atoms with Gasteiger partial charge in [0.1, 0.15) is 5.82 Å². The molecule has 1 N–H and O–H groups in total. The van der Waals surface area contributed by atoms with Crippen LogP contribution >= 0.6 is 0 Å². The highest BCUT2D eigenvalue weighted by molar-refractivity contribution is 5.01. The monoisotopic (exact) mass is 220 g/mol. The lowest BCUT2D eigenvalue weighted by molar-refractivity contribution is 0.186. The lowest BCUT2D eigenvalue weighted by Crippen LogP contribution is -2.44. The molecule has 2 rings (SSSR count). The molecule has 0 spiro atoms. The predicted molar refractivity (Wildman–Crippen MR) is 64.1 cm³/mol. The maximum atomic E-state index is 4.44. The van der Waals surface area contributed by atoms with Crippen LogP contribution in [0, 0.1) is 6.92 Å². The third-order valence-corrected chi connectivity index (χ3v) is 3.13. The lowest BCUT2D eigenvalue weighted by Gasteiger charge is -2.32. The van der Waals surface area contributed by atoms with Gasteiger partial charge in [0.2, 0.25) is 0 Å². The molecule has 1 aliphatic rings. The molecule has 1 aromatic heterocycles. The van der Waals surface area contributed by atoms with Gasteiger partial charge in [0.15, 0.2) is 0 Å². The number of hydrogen-bond acceptors (Lipinski definition) is 4. The third-order valence-electron chi connectivity index (χ3n) is 3.13. The fourth-order valence-electron chi connectivity index (χ4n) is 2.26. The first-order chi connectivity index (χ1) is 7.78. The van der Waals surface area contributed by atoms with E-state index >= 15 is 0 Å². The Morgan fingerprint density at radius 3 is 3.19 bits per heavy atom. The topological polar surface area (TPSA) is 41.0 Å². The van der Waals surface area contributed by atoms with Crippen molar-refractivity contribution in [1.82, 2.24) is 20.2 Å². The molecule has 4 heteroatoms. The molecular weight excluding hydrogens is 200 g/mol. The summed E-state index contributed by atoms with van der Waals surface area (Å²) in [5.74, 6) is 0.861. The fraction of sp³-hybridized carbons (Fsp3) is 0.667. The molecule has 88 valence electrons. The van der Waals surface area contributed by atoms with Crippen LogP contribution in [0.15, 0.2) is 12.3 Å². The zero-order valence-corrected chi connectivity index (χ0v) is 10.1. The normalized spacial score (nSPS) is 22.2. The van der Waals surface area contributed by atoms with Gasteiger partial charge in [0.25, 0.3) is 0 Å². The maximum Gasteiger partial charge on any atom is 0.125 e. The van der Waals surface area contributed by atoms with Crippen LogP contribution in [0.5, 0.6) is 0 Å². The molecule has 0 radical (unpaired) electrons. The first-order valence-electron chi connectivity index (χ1n) is 5.96. The van der Waals surface area contributed by atoms with Gasteiger partial charge >= 0.3 is 0 Å². The molecule has 1 unspecified atom stereocenters. The lowest BCUT2D eigenvalue weighted by atomic mass is 10.1. The number of aryl methyl sites for hydroxylation is 1. The molecule has 1 saturated heterocycles. The van der Waals surface area contributed by atoms with Crippen molar-refractivity contribution in [3.63, 3.8) is 0 Å². The van der Waals surface area contributed by atoms with Crippen LogP contribution in [0.3, 0.4) is 0 Å². The summed E-state index contributed by atoms with van der Waals surface area (Å²) in [6.45, 7) is 5.19. The van der Waals surface area contributed by atoms with E-state index in [4.69, 9.17) is 0 Å². The van der Waals surface area contributed by atoms with Crippen molar-refractivity contribution in [3.8, 4) is 0 Å². The molecule has 0 aliphatic carbocycles. The summed E-state index contributed by atoms with van der Waals surface area (Å²) in [5.41, 5.74) is 1.13. The van der Waals surface area contributed by atoms with Gasteiger partial charge < -0.3 is 5.32 Å². The summed E-state index contributed by atoms with van der Waals surface area (Å²) in [7, 11) is 2.04. The molecule has 1 aromatic rings. The Kier molecular flexibility index (Phi) is 3.85. The zero-order valence-electron chi connectivity index (χ0n) is 10.1. The molecular formula is C12H20N4. The van der Waals surface area contributed by atoms with Gasteiger partial charge in [-0.3, -0.25) is 4.90 Å². The Balaban J connectivity index is 1.94. The predicted octanol–water partition coefficient (Wildman–Crippen LogP) is 0.969. The quantitative estimate of drug-likeness (QED) is 0.824. The van der Waals surface area contributed by atoms with Crippen LogP contribution in [0.25, 0.3) is 0 Å². The molecule has 0 bridgehead atoms. The van der Waals surface area contributed by atoms with Gasteiger partial charge in [-0.1, -0.05) is 0 Å². The van der Waals surface area contributed by atoms with E-state index in [0.29, 0.717) is 6.04 Å². The van der Waals surface area contributed by atoms with Gasteiger partial charge in [-0.2, -0.15) is 0 Å². The number of aromatic nitrogens is 2. The van der Waals surface area contributed by atoms with Crippen molar-refractivity contribution in [2.24, 2.45) is 0 Å². The standard InChI is InChI=1S/C12H20N4/c1-10-14-6-5-12(15-10)9-16-7-3-4-11(8-16)13-2/h5-6,11,13H,3-4,7-9H2,1-2H3. The molecule has 1 fully saturated rings. The van der Waals surface area contributed by atoms with Crippen molar-refractivity contribution < 1.29 is 0 Å². The summed E-state index contributed by atoms with van der Waals surface area (Å²) < 4.78 is 0. The number of rotatable bonds is 3. The van der Waals surface area contributed by atoms with Crippen LogP contribution in [0.2, 0.25) is 0 Å². The number of hydrogen-bond donors (Lipinski definition) is 1. The number of likely N-dealkylation sites (N-methyl/N-ethyl adjacent to an activating group) is 1. The van der Waals surface area contributed by atoms with Crippen molar-refractivity contribution in [3.05, 3.63) is 23.8 Å². The van der Waals surface area contributed by atoms with Gasteiger partial charge in [-0.15, -0.1) is 0 Å². The van der Waals surface area contributed by atoms with Crippen molar-refractivity contribution in [1.29, 1.82) is 0 Å². The van der Waals surface area contributed by atoms with E-state index in [1.807, 2.05) is 26.2 Å². The Bertz CT molecular complexity index is 340. The van der Waals surface area contributed by atoms with Gasteiger partial charge in [0.05, 0.1) is 5.69 Å².